The van der Waals surface area contributed by atoms with E-state index in [-0.39, 0.29) is 41.2 Å². The number of carbonyl (C=O) groups excluding carboxylic acids is 1. The Balaban J connectivity index is 1.58. The SMILES string of the molecule is C[C@@H](CC(=O)c1nc(C2CCC2)[nH]c(=O)c1C1CCC1)c1ccc(C(F)(F)F)cc1. The van der Waals surface area contributed by atoms with Gasteiger partial charge in [0.1, 0.15) is 11.5 Å². The van der Waals surface area contributed by atoms with E-state index in [0.29, 0.717) is 17.0 Å². The van der Waals surface area contributed by atoms with E-state index in [0.717, 1.165) is 50.7 Å². The molecular weight excluding hydrogens is 393 g/mol. The van der Waals surface area contributed by atoms with Gasteiger partial charge in [-0.25, -0.2) is 4.98 Å². The molecule has 0 aliphatic heterocycles. The largest absolute Gasteiger partial charge is 0.416 e. The molecular formula is C23H25F3N2O2. The lowest BCUT2D eigenvalue weighted by atomic mass is 9.78. The highest BCUT2D eigenvalue weighted by Gasteiger charge is 2.32. The fourth-order valence-electron chi connectivity index (χ4n) is 4.16. The molecule has 2 aromatic rings. The van der Waals surface area contributed by atoms with Gasteiger partial charge >= 0.3 is 6.18 Å². The second-order valence-corrected chi connectivity index (χ2v) is 8.62. The van der Waals surface area contributed by atoms with E-state index >= 15 is 0 Å². The minimum atomic E-state index is -4.39. The number of aromatic nitrogens is 2. The Bertz CT molecular complexity index is 987. The molecule has 0 spiro atoms. The minimum Gasteiger partial charge on any atom is -0.310 e. The van der Waals surface area contributed by atoms with Crippen LogP contribution in [0.1, 0.15) is 103 Å². The van der Waals surface area contributed by atoms with Gasteiger partial charge in [-0.05, 0) is 55.2 Å². The van der Waals surface area contributed by atoms with E-state index in [4.69, 9.17) is 0 Å². The molecule has 0 saturated heterocycles. The Morgan fingerprint density at radius 1 is 1.10 bits per heavy atom. The normalized spacial score (nSPS) is 18.5. The molecule has 0 unspecified atom stereocenters. The number of halogens is 3. The van der Waals surface area contributed by atoms with Gasteiger partial charge in [-0.1, -0.05) is 31.9 Å². The van der Waals surface area contributed by atoms with Crippen molar-refractivity contribution >= 4 is 5.78 Å². The average molecular weight is 418 g/mol. The lowest BCUT2D eigenvalue weighted by Crippen LogP contribution is -2.30. The van der Waals surface area contributed by atoms with Crippen molar-refractivity contribution in [3.05, 3.63) is 62.8 Å². The van der Waals surface area contributed by atoms with Gasteiger partial charge in [0, 0.05) is 17.9 Å². The van der Waals surface area contributed by atoms with Gasteiger partial charge < -0.3 is 4.98 Å². The number of alkyl halides is 3. The Morgan fingerprint density at radius 3 is 2.20 bits per heavy atom. The molecule has 4 rings (SSSR count). The van der Waals surface area contributed by atoms with Gasteiger partial charge in [0.2, 0.25) is 0 Å². The van der Waals surface area contributed by atoms with Crippen LogP contribution in [0.4, 0.5) is 13.2 Å². The van der Waals surface area contributed by atoms with Crippen LogP contribution >= 0.6 is 0 Å². The lowest BCUT2D eigenvalue weighted by Gasteiger charge is -2.29. The quantitative estimate of drug-likeness (QED) is 0.612. The number of nitrogens with one attached hydrogen (secondary N) is 1. The van der Waals surface area contributed by atoms with Crippen molar-refractivity contribution in [3.63, 3.8) is 0 Å². The topological polar surface area (TPSA) is 62.8 Å². The number of carbonyl (C=O) groups is 1. The van der Waals surface area contributed by atoms with Crippen molar-refractivity contribution in [1.82, 2.24) is 9.97 Å². The first kappa shape index (κ1) is 20.8. The van der Waals surface area contributed by atoms with Crippen LogP contribution in [-0.4, -0.2) is 15.8 Å². The molecule has 2 aliphatic carbocycles. The first-order valence-corrected chi connectivity index (χ1v) is 10.6. The first-order valence-electron chi connectivity index (χ1n) is 10.6. The number of H-pyrrole nitrogens is 1. The van der Waals surface area contributed by atoms with E-state index in [1.165, 1.54) is 12.1 Å². The number of aromatic amines is 1. The van der Waals surface area contributed by atoms with Crippen LogP contribution in [0.25, 0.3) is 0 Å². The number of Topliss-reactive ketones (excluding diaryl/α,β-unsaturated/α-hetero) is 1. The predicted octanol–water partition coefficient (Wildman–Crippen LogP) is 5.70. The maximum absolute atomic E-state index is 13.2. The standard InChI is InChI=1S/C23H25F3N2O2/c1-13(14-8-10-17(11-9-14)23(24,25)26)12-18(29)20-19(15-4-2-5-15)22(30)28-21(27-20)16-6-3-7-16/h8-11,13,15-16H,2-7,12H2,1H3,(H,27,28,30)/t13-/m0/s1. The van der Waals surface area contributed by atoms with Gasteiger partial charge in [-0.3, -0.25) is 9.59 Å². The zero-order valence-electron chi connectivity index (χ0n) is 16.9. The molecule has 160 valence electrons. The number of hydrogen-bond donors (Lipinski definition) is 1. The van der Waals surface area contributed by atoms with Crippen molar-refractivity contribution in [2.24, 2.45) is 0 Å². The molecule has 0 bridgehead atoms. The molecule has 2 aliphatic rings. The number of ketones is 1. The van der Waals surface area contributed by atoms with Crippen molar-refractivity contribution in [2.75, 3.05) is 0 Å². The summed E-state index contributed by atoms with van der Waals surface area (Å²) in [5, 5.41) is 0. The summed E-state index contributed by atoms with van der Waals surface area (Å²) in [6, 6.07) is 4.91. The van der Waals surface area contributed by atoms with Crippen molar-refractivity contribution < 1.29 is 18.0 Å². The number of rotatable bonds is 6. The summed E-state index contributed by atoms with van der Waals surface area (Å²) in [5.41, 5.74) is 0.504. The predicted molar refractivity (Wildman–Crippen MR) is 107 cm³/mol. The smallest absolute Gasteiger partial charge is 0.310 e. The van der Waals surface area contributed by atoms with Gasteiger partial charge in [0.25, 0.3) is 5.56 Å². The summed E-state index contributed by atoms with van der Waals surface area (Å²) in [6.45, 7) is 1.81. The molecule has 1 N–H and O–H groups in total. The van der Waals surface area contributed by atoms with Crippen molar-refractivity contribution in [2.45, 2.75) is 75.8 Å². The van der Waals surface area contributed by atoms with Gasteiger partial charge in [0.15, 0.2) is 5.78 Å². The van der Waals surface area contributed by atoms with Gasteiger partial charge in [-0.15, -0.1) is 0 Å². The summed E-state index contributed by atoms with van der Waals surface area (Å²) in [6.07, 6.45) is 1.51. The Labute approximate surface area is 172 Å². The highest BCUT2D eigenvalue weighted by molar-refractivity contribution is 5.96. The minimum absolute atomic E-state index is 0.0667. The van der Waals surface area contributed by atoms with Crippen LogP contribution in [0, 0.1) is 0 Å². The Morgan fingerprint density at radius 2 is 1.70 bits per heavy atom. The maximum atomic E-state index is 13.2. The fraction of sp³-hybridized carbons (Fsp3) is 0.522. The van der Waals surface area contributed by atoms with E-state index in [1.807, 2.05) is 6.92 Å². The summed E-state index contributed by atoms with van der Waals surface area (Å²) >= 11 is 0. The van der Waals surface area contributed by atoms with Gasteiger partial charge in [0.05, 0.1) is 5.56 Å². The van der Waals surface area contributed by atoms with Crippen molar-refractivity contribution in [3.8, 4) is 0 Å². The summed E-state index contributed by atoms with van der Waals surface area (Å²) in [5.74, 6) is 0.377. The van der Waals surface area contributed by atoms with E-state index < -0.39 is 11.7 Å². The molecule has 1 aromatic heterocycles. The maximum Gasteiger partial charge on any atom is 0.416 e. The molecule has 7 heteroatoms. The molecule has 1 aromatic carbocycles. The van der Waals surface area contributed by atoms with Crippen LogP contribution < -0.4 is 5.56 Å². The second kappa shape index (κ2) is 8.00. The molecule has 2 fully saturated rings. The molecule has 4 nitrogen and oxygen atoms in total. The lowest BCUT2D eigenvalue weighted by molar-refractivity contribution is -0.137. The molecule has 0 radical (unpaired) electrons. The summed E-state index contributed by atoms with van der Waals surface area (Å²) in [4.78, 5) is 33.4. The van der Waals surface area contributed by atoms with Gasteiger partial charge in [-0.2, -0.15) is 13.2 Å². The summed E-state index contributed by atoms with van der Waals surface area (Å²) in [7, 11) is 0. The number of benzene rings is 1. The Kier molecular flexibility index (Phi) is 5.55. The third-order valence-electron chi connectivity index (χ3n) is 6.54. The average Bonchev–Trinajstić information content (AvgIpc) is 2.60. The van der Waals surface area contributed by atoms with E-state index in [9.17, 15) is 22.8 Å². The zero-order valence-corrected chi connectivity index (χ0v) is 16.9. The van der Waals surface area contributed by atoms with Crippen LogP contribution in [-0.2, 0) is 6.18 Å². The number of nitrogens with zero attached hydrogens (tertiary/aromatic N) is 1. The van der Waals surface area contributed by atoms with Crippen LogP contribution in [0.15, 0.2) is 29.1 Å². The molecule has 2 saturated carbocycles. The Hall–Kier alpha value is -2.44. The highest BCUT2D eigenvalue weighted by Crippen LogP contribution is 2.38. The van der Waals surface area contributed by atoms with E-state index in [1.54, 1.807) is 0 Å². The van der Waals surface area contributed by atoms with E-state index in [2.05, 4.69) is 9.97 Å². The van der Waals surface area contributed by atoms with Crippen LogP contribution in [0.3, 0.4) is 0 Å². The number of hydrogen-bond acceptors (Lipinski definition) is 3. The van der Waals surface area contributed by atoms with Crippen molar-refractivity contribution in [1.29, 1.82) is 0 Å². The molecule has 30 heavy (non-hydrogen) atoms. The fourth-order valence-corrected chi connectivity index (χ4v) is 4.16. The third kappa shape index (κ3) is 4.07. The molecule has 1 atom stereocenters. The third-order valence-corrected chi connectivity index (χ3v) is 6.54. The zero-order chi connectivity index (χ0) is 21.5. The van der Waals surface area contributed by atoms with Crippen LogP contribution in [0.5, 0.6) is 0 Å². The first-order chi connectivity index (χ1) is 14.2. The molecule has 0 amide bonds. The molecule has 1 heterocycles. The van der Waals surface area contributed by atoms with Crippen LogP contribution in [0.2, 0.25) is 0 Å². The monoisotopic (exact) mass is 418 g/mol. The highest BCUT2D eigenvalue weighted by atomic mass is 19.4. The summed E-state index contributed by atoms with van der Waals surface area (Å²) < 4.78 is 38.4. The second-order valence-electron chi connectivity index (χ2n) is 8.62.